The molecule has 0 aromatic heterocycles. The molecule has 0 aromatic rings. The van der Waals surface area contributed by atoms with Crippen LogP contribution in [0.25, 0.3) is 0 Å². The fourth-order valence-electron chi connectivity index (χ4n) is 2.87. The van der Waals surface area contributed by atoms with E-state index in [1.165, 1.54) is 6.42 Å². The fourth-order valence-corrected chi connectivity index (χ4v) is 2.87. The van der Waals surface area contributed by atoms with Gasteiger partial charge in [0.15, 0.2) is 0 Å². The van der Waals surface area contributed by atoms with Crippen LogP contribution in [0.15, 0.2) is 0 Å². The molecule has 0 saturated heterocycles. The lowest BCUT2D eigenvalue weighted by molar-refractivity contribution is -0.143. The van der Waals surface area contributed by atoms with Crippen LogP contribution in [0.3, 0.4) is 0 Å². The lowest BCUT2D eigenvalue weighted by Crippen LogP contribution is -2.56. The van der Waals surface area contributed by atoms with Crippen LogP contribution in [0.1, 0.15) is 51.9 Å². The largest absolute Gasteiger partial charge is 0.481 e. The summed E-state index contributed by atoms with van der Waals surface area (Å²) in [7, 11) is 0. The van der Waals surface area contributed by atoms with E-state index in [0.717, 1.165) is 32.1 Å². The van der Waals surface area contributed by atoms with E-state index in [4.69, 9.17) is 5.11 Å². The number of carbonyl (C=O) groups excluding carboxylic acids is 1. The van der Waals surface area contributed by atoms with Gasteiger partial charge < -0.3 is 15.7 Å². The predicted molar refractivity (Wildman–Crippen MR) is 67.3 cm³/mol. The van der Waals surface area contributed by atoms with Crippen LogP contribution < -0.4 is 10.6 Å². The summed E-state index contributed by atoms with van der Waals surface area (Å²) < 4.78 is 0. The number of hydrogen-bond donors (Lipinski definition) is 3. The minimum Gasteiger partial charge on any atom is -0.481 e. The second kappa shape index (κ2) is 5.16. The molecule has 5 heteroatoms. The Labute approximate surface area is 107 Å². The Balaban J connectivity index is 1.78. The van der Waals surface area contributed by atoms with Crippen molar-refractivity contribution >= 4 is 12.0 Å². The first-order valence-corrected chi connectivity index (χ1v) is 6.80. The molecule has 3 N–H and O–H groups in total. The van der Waals surface area contributed by atoms with Gasteiger partial charge in [-0.3, -0.25) is 4.79 Å². The number of hydrogen-bond acceptors (Lipinski definition) is 2. The molecule has 2 fully saturated rings. The zero-order valence-electron chi connectivity index (χ0n) is 10.9. The number of carboxylic acids is 1. The molecule has 2 atom stereocenters. The van der Waals surface area contributed by atoms with E-state index < -0.39 is 5.97 Å². The molecule has 0 spiro atoms. The predicted octanol–water partition coefficient (Wildman–Crippen LogP) is 1.87. The first kappa shape index (κ1) is 13.2. The summed E-state index contributed by atoms with van der Waals surface area (Å²) in [6, 6.07) is -0.142. The summed E-state index contributed by atoms with van der Waals surface area (Å²) in [6.45, 7) is 2.05. The molecular weight excluding hydrogens is 232 g/mol. The number of carboxylic acid groups (broad SMARTS) is 1. The summed E-state index contributed by atoms with van der Waals surface area (Å²) in [6.07, 6.45) is 6.27. The fraction of sp³-hybridized carbons (Fsp3) is 0.846. The highest BCUT2D eigenvalue weighted by molar-refractivity contribution is 5.75. The standard InChI is InChI=1S/C13H22N2O3/c1-13(6-3-7-13)15-12(18)14-10-5-2-4-9(8-10)11(16)17/h9-10H,2-8H2,1H3,(H,16,17)(H2,14,15,18). The highest BCUT2D eigenvalue weighted by Crippen LogP contribution is 2.31. The van der Waals surface area contributed by atoms with Gasteiger partial charge in [0.1, 0.15) is 0 Å². The quantitative estimate of drug-likeness (QED) is 0.719. The van der Waals surface area contributed by atoms with Crippen LogP contribution in [0.4, 0.5) is 4.79 Å². The topological polar surface area (TPSA) is 78.4 Å². The summed E-state index contributed by atoms with van der Waals surface area (Å²) in [5.41, 5.74) is -0.0506. The van der Waals surface area contributed by atoms with Crippen LogP contribution in [-0.4, -0.2) is 28.7 Å². The summed E-state index contributed by atoms with van der Waals surface area (Å²) in [5, 5.41) is 14.9. The van der Waals surface area contributed by atoms with Crippen LogP contribution in [-0.2, 0) is 4.79 Å². The molecule has 2 unspecified atom stereocenters. The second-order valence-electron chi connectivity index (χ2n) is 5.91. The Hall–Kier alpha value is -1.26. The SMILES string of the molecule is CC1(NC(=O)NC2CCCC(C(=O)O)C2)CCC1. The Morgan fingerprint density at radius 3 is 2.50 bits per heavy atom. The maximum atomic E-state index is 11.8. The first-order chi connectivity index (χ1) is 8.48. The third-order valence-electron chi connectivity index (χ3n) is 4.23. The van der Waals surface area contributed by atoms with E-state index in [2.05, 4.69) is 17.6 Å². The van der Waals surface area contributed by atoms with Gasteiger partial charge in [-0.2, -0.15) is 0 Å². The third-order valence-corrected chi connectivity index (χ3v) is 4.23. The van der Waals surface area contributed by atoms with Gasteiger partial charge >= 0.3 is 12.0 Å². The van der Waals surface area contributed by atoms with Gasteiger partial charge in [0.25, 0.3) is 0 Å². The van der Waals surface area contributed by atoms with Crippen molar-refractivity contribution in [3.05, 3.63) is 0 Å². The summed E-state index contributed by atoms with van der Waals surface area (Å²) in [4.78, 5) is 22.8. The van der Waals surface area contributed by atoms with Gasteiger partial charge in [-0.25, -0.2) is 4.79 Å². The van der Waals surface area contributed by atoms with E-state index in [9.17, 15) is 9.59 Å². The monoisotopic (exact) mass is 254 g/mol. The maximum absolute atomic E-state index is 11.8. The van der Waals surface area contributed by atoms with Crippen molar-refractivity contribution in [1.82, 2.24) is 10.6 Å². The smallest absolute Gasteiger partial charge is 0.315 e. The van der Waals surface area contributed by atoms with Crippen LogP contribution in [0.2, 0.25) is 0 Å². The maximum Gasteiger partial charge on any atom is 0.315 e. The molecule has 0 bridgehead atoms. The van der Waals surface area contributed by atoms with Crippen molar-refractivity contribution in [2.45, 2.75) is 63.5 Å². The van der Waals surface area contributed by atoms with Crippen LogP contribution in [0, 0.1) is 5.92 Å². The van der Waals surface area contributed by atoms with Gasteiger partial charge in [-0.05, 0) is 45.4 Å². The minimum absolute atomic E-state index is 0.00327. The van der Waals surface area contributed by atoms with Gasteiger partial charge in [0.2, 0.25) is 0 Å². The second-order valence-corrected chi connectivity index (χ2v) is 5.91. The number of amides is 2. The average Bonchev–Trinajstić information content (AvgIpc) is 2.27. The highest BCUT2D eigenvalue weighted by Gasteiger charge is 2.34. The Kier molecular flexibility index (Phi) is 3.78. The molecule has 0 aliphatic heterocycles. The molecular formula is C13H22N2O3. The van der Waals surface area contributed by atoms with E-state index in [0.29, 0.717) is 6.42 Å². The molecule has 2 aliphatic carbocycles. The lowest BCUT2D eigenvalue weighted by atomic mass is 9.79. The number of carbonyl (C=O) groups is 2. The number of nitrogens with one attached hydrogen (secondary N) is 2. The minimum atomic E-state index is -0.743. The Morgan fingerprint density at radius 2 is 1.94 bits per heavy atom. The van der Waals surface area contributed by atoms with Gasteiger partial charge in [0.05, 0.1) is 5.92 Å². The number of urea groups is 1. The first-order valence-electron chi connectivity index (χ1n) is 6.80. The molecule has 0 heterocycles. The molecule has 2 saturated carbocycles. The van der Waals surface area contributed by atoms with Crippen molar-refractivity contribution < 1.29 is 14.7 Å². The Bertz CT molecular complexity index is 339. The van der Waals surface area contributed by atoms with Crippen molar-refractivity contribution in [2.75, 3.05) is 0 Å². The van der Waals surface area contributed by atoms with Gasteiger partial charge in [-0.1, -0.05) is 6.42 Å². The molecule has 2 aliphatic rings. The molecule has 2 rings (SSSR count). The molecule has 102 valence electrons. The molecule has 18 heavy (non-hydrogen) atoms. The summed E-state index contributed by atoms with van der Waals surface area (Å²) >= 11 is 0. The van der Waals surface area contributed by atoms with Crippen molar-refractivity contribution in [3.63, 3.8) is 0 Å². The molecule has 0 radical (unpaired) electrons. The van der Waals surface area contributed by atoms with Crippen molar-refractivity contribution in [3.8, 4) is 0 Å². The molecule has 2 amide bonds. The summed E-state index contributed by atoms with van der Waals surface area (Å²) in [5.74, 6) is -1.05. The zero-order chi connectivity index (χ0) is 13.2. The Morgan fingerprint density at radius 1 is 1.22 bits per heavy atom. The highest BCUT2D eigenvalue weighted by atomic mass is 16.4. The number of rotatable bonds is 3. The van der Waals surface area contributed by atoms with Crippen LogP contribution in [0.5, 0.6) is 0 Å². The number of aliphatic carboxylic acids is 1. The normalized spacial score (nSPS) is 30.1. The van der Waals surface area contributed by atoms with Gasteiger partial charge in [-0.15, -0.1) is 0 Å². The van der Waals surface area contributed by atoms with E-state index in [1.807, 2.05) is 0 Å². The average molecular weight is 254 g/mol. The molecule has 5 nitrogen and oxygen atoms in total. The van der Waals surface area contributed by atoms with E-state index in [1.54, 1.807) is 0 Å². The van der Waals surface area contributed by atoms with Crippen LogP contribution >= 0.6 is 0 Å². The third kappa shape index (κ3) is 3.15. The molecule has 0 aromatic carbocycles. The van der Waals surface area contributed by atoms with Gasteiger partial charge in [0, 0.05) is 11.6 Å². The van der Waals surface area contributed by atoms with Crippen molar-refractivity contribution in [2.24, 2.45) is 5.92 Å². The zero-order valence-corrected chi connectivity index (χ0v) is 10.9. The van der Waals surface area contributed by atoms with E-state index in [-0.39, 0.29) is 23.5 Å². The van der Waals surface area contributed by atoms with Crippen molar-refractivity contribution in [1.29, 1.82) is 0 Å². The van der Waals surface area contributed by atoms with E-state index >= 15 is 0 Å². The lowest BCUT2D eigenvalue weighted by Gasteiger charge is -2.39.